The van der Waals surface area contributed by atoms with Crippen LogP contribution in [0.2, 0.25) is 0 Å². The second kappa shape index (κ2) is 5.38. The summed E-state index contributed by atoms with van der Waals surface area (Å²) in [5, 5.41) is 2.82. The van der Waals surface area contributed by atoms with E-state index in [-0.39, 0.29) is 5.91 Å². The van der Waals surface area contributed by atoms with Crippen molar-refractivity contribution < 1.29 is 4.79 Å². The summed E-state index contributed by atoms with van der Waals surface area (Å²) >= 11 is 7.55. The van der Waals surface area contributed by atoms with E-state index < -0.39 is 0 Å². The lowest BCUT2D eigenvalue weighted by Crippen LogP contribution is -2.11. The third-order valence-corrected chi connectivity index (χ3v) is 3.02. The number of benzene rings is 2. The maximum atomic E-state index is 11.9. The summed E-state index contributed by atoms with van der Waals surface area (Å²) in [6, 6.07) is 14.6. The number of carbonyl (C=O) groups excluding carboxylic acids is 1. The van der Waals surface area contributed by atoms with Crippen LogP contribution >= 0.6 is 28.6 Å². The van der Waals surface area contributed by atoms with E-state index in [1.54, 1.807) is 18.2 Å². The molecule has 2 aromatic carbocycles. The zero-order chi connectivity index (χ0) is 12.3. The van der Waals surface area contributed by atoms with Crippen molar-refractivity contribution in [2.24, 2.45) is 0 Å². The van der Waals surface area contributed by atoms with Crippen LogP contribution in [0.15, 0.2) is 57.9 Å². The Balaban J connectivity index is 2.14. The number of rotatable bonds is 2. The SMILES string of the molecule is O=C(Nc1ccc(Br)cc1)c1cccc(S)c1. The van der Waals surface area contributed by atoms with Crippen molar-refractivity contribution in [1.82, 2.24) is 0 Å². The van der Waals surface area contributed by atoms with Crippen LogP contribution in [0.1, 0.15) is 10.4 Å². The van der Waals surface area contributed by atoms with Gasteiger partial charge >= 0.3 is 0 Å². The van der Waals surface area contributed by atoms with Gasteiger partial charge in [0.05, 0.1) is 0 Å². The highest BCUT2D eigenvalue weighted by molar-refractivity contribution is 9.10. The van der Waals surface area contributed by atoms with Crippen LogP contribution in [-0.4, -0.2) is 5.91 Å². The highest BCUT2D eigenvalue weighted by Crippen LogP contribution is 2.16. The zero-order valence-corrected chi connectivity index (χ0v) is 11.3. The smallest absolute Gasteiger partial charge is 0.255 e. The molecule has 0 aromatic heterocycles. The molecule has 0 aliphatic carbocycles. The van der Waals surface area contributed by atoms with E-state index in [9.17, 15) is 4.79 Å². The highest BCUT2D eigenvalue weighted by Gasteiger charge is 2.05. The summed E-state index contributed by atoms with van der Waals surface area (Å²) in [5.41, 5.74) is 1.36. The van der Waals surface area contributed by atoms with Gasteiger partial charge in [0, 0.05) is 20.6 Å². The van der Waals surface area contributed by atoms with Crippen molar-refractivity contribution in [3.63, 3.8) is 0 Å². The Bertz CT molecular complexity index is 539. The fourth-order valence-electron chi connectivity index (χ4n) is 1.38. The van der Waals surface area contributed by atoms with Gasteiger partial charge in [0.25, 0.3) is 5.91 Å². The first-order chi connectivity index (χ1) is 8.15. The van der Waals surface area contributed by atoms with Crippen molar-refractivity contribution in [3.8, 4) is 0 Å². The van der Waals surface area contributed by atoms with E-state index >= 15 is 0 Å². The van der Waals surface area contributed by atoms with Crippen LogP contribution < -0.4 is 5.32 Å². The lowest BCUT2D eigenvalue weighted by Gasteiger charge is -2.05. The van der Waals surface area contributed by atoms with E-state index in [0.717, 1.165) is 15.1 Å². The Hall–Kier alpha value is -1.26. The molecule has 0 fully saturated rings. The second-order valence-corrected chi connectivity index (χ2v) is 4.94. The van der Waals surface area contributed by atoms with Gasteiger partial charge in [-0.05, 0) is 42.5 Å². The molecule has 17 heavy (non-hydrogen) atoms. The van der Waals surface area contributed by atoms with Crippen LogP contribution in [0, 0.1) is 0 Å². The molecule has 0 aliphatic heterocycles. The first-order valence-corrected chi connectivity index (χ1v) is 6.25. The van der Waals surface area contributed by atoms with Gasteiger partial charge in [-0.3, -0.25) is 4.79 Å². The van der Waals surface area contributed by atoms with Gasteiger partial charge in [0.2, 0.25) is 0 Å². The average Bonchev–Trinajstić information content (AvgIpc) is 2.32. The van der Waals surface area contributed by atoms with Crippen LogP contribution in [-0.2, 0) is 0 Å². The zero-order valence-electron chi connectivity index (χ0n) is 8.85. The van der Waals surface area contributed by atoms with E-state index in [2.05, 4.69) is 33.9 Å². The van der Waals surface area contributed by atoms with Gasteiger partial charge in [-0.2, -0.15) is 0 Å². The fourth-order valence-corrected chi connectivity index (χ4v) is 1.87. The quantitative estimate of drug-likeness (QED) is 0.807. The summed E-state index contributed by atoms with van der Waals surface area (Å²) in [6.07, 6.45) is 0. The molecule has 0 radical (unpaired) electrons. The largest absolute Gasteiger partial charge is 0.322 e. The Morgan fingerprint density at radius 2 is 1.82 bits per heavy atom. The maximum Gasteiger partial charge on any atom is 0.255 e. The molecule has 86 valence electrons. The molecule has 0 heterocycles. The Morgan fingerprint density at radius 1 is 1.12 bits per heavy atom. The Labute approximate surface area is 114 Å². The minimum Gasteiger partial charge on any atom is -0.322 e. The molecule has 0 unspecified atom stereocenters. The lowest BCUT2D eigenvalue weighted by atomic mass is 10.2. The third-order valence-electron chi connectivity index (χ3n) is 2.21. The third kappa shape index (κ3) is 3.35. The molecule has 2 aromatic rings. The van der Waals surface area contributed by atoms with Gasteiger partial charge in [-0.15, -0.1) is 12.6 Å². The highest BCUT2D eigenvalue weighted by atomic mass is 79.9. The standard InChI is InChI=1S/C13H10BrNOS/c14-10-4-6-11(7-5-10)15-13(16)9-2-1-3-12(17)8-9/h1-8,17H,(H,15,16). The van der Waals surface area contributed by atoms with Crippen LogP contribution in [0.25, 0.3) is 0 Å². The number of hydrogen-bond donors (Lipinski definition) is 2. The van der Waals surface area contributed by atoms with Crippen LogP contribution in [0.5, 0.6) is 0 Å². The van der Waals surface area contributed by atoms with E-state index in [0.29, 0.717) is 5.56 Å². The molecule has 2 nitrogen and oxygen atoms in total. The molecular formula is C13H10BrNOS. The molecule has 0 bridgehead atoms. The molecule has 2 rings (SSSR count). The molecule has 0 aliphatic rings. The predicted octanol–water partition coefficient (Wildman–Crippen LogP) is 3.99. The first-order valence-electron chi connectivity index (χ1n) is 5.01. The number of nitrogens with one attached hydrogen (secondary N) is 1. The summed E-state index contributed by atoms with van der Waals surface area (Å²) in [7, 11) is 0. The summed E-state index contributed by atoms with van der Waals surface area (Å²) in [6.45, 7) is 0. The minimum absolute atomic E-state index is 0.136. The number of thiol groups is 1. The number of anilines is 1. The molecular weight excluding hydrogens is 298 g/mol. The molecule has 1 N–H and O–H groups in total. The number of hydrogen-bond acceptors (Lipinski definition) is 2. The minimum atomic E-state index is -0.136. The molecule has 0 atom stereocenters. The fraction of sp³-hybridized carbons (Fsp3) is 0. The van der Waals surface area contributed by atoms with Crippen molar-refractivity contribution in [1.29, 1.82) is 0 Å². The second-order valence-electron chi connectivity index (χ2n) is 3.51. The number of amides is 1. The molecule has 0 saturated heterocycles. The van der Waals surface area contributed by atoms with Gasteiger partial charge in [0.15, 0.2) is 0 Å². The van der Waals surface area contributed by atoms with Crippen LogP contribution in [0.4, 0.5) is 5.69 Å². The molecule has 1 amide bonds. The Kier molecular flexibility index (Phi) is 3.86. The Morgan fingerprint density at radius 3 is 2.47 bits per heavy atom. The first kappa shape index (κ1) is 12.2. The summed E-state index contributed by atoms with van der Waals surface area (Å²) in [5.74, 6) is -0.136. The molecule has 0 saturated carbocycles. The van der Waals surface area contributed by atoms with Crippen molar-refractivity contribution in [2.75, 3.05) is 5.32 Å². The van der Waals surface area contributed by atoms with Gasteiger partial charge in [0.1, 0.15) is 0 Å². The van der Waals surface area contributed by atoms with E-state index in [1.807, 2.05) is 30.3 Å². The number of halogens is 1. The van der Waals surface area contributed by atoms with Gasteiger partial charge in [-0.25, -0.2) is 0 Å². The predicted molar refractivity (Wildman–Crippen MR) is 75.8 cm³/mol. The molecule has 0 spiro atoms. The topological polar surface area (TPSA) is 29.1 Å². The maximum absolute atomic E-state index is 11.9. The van der Waals surface area contributed by atoms with Crippen molar-refractivity contribution in [3.05, 3.63) is 58.6 Å². The normalized spacial score (nSPS) is 10.0. The summed E-state index contributed by atoms with van der Waals surface area (Å²) in [4.78, 5) is 12.7. The van der Waals surface area contributed by atoms with Crippen molar-refractivity contribution in [2.45, 2.75) is 4.90 Å². The average molecular weight is 308 g/mol. The van der Waals surface area contributed by atoms with E-state index in [1.165, 1.54) is 0 Å². The van der Waals surface area contributed by atoms with Gasteiger partial charge < -0.3 is 5.32 Å². The van der Waals surface area contributed by atoms with Crippen LogP contribution in [0.3, 0.4) is 0 Å². The summed E-state index contributed by atoms with van der Waals surface area (Å²) < 4.78 is 0.979. The lowest BCUT2D eigenvalue weighted by molar-refractivity contribution is 0.102. The van der Waals surface area contributed by atoms with Gasteiger partial charge in [-0.1, -0.05) is 22.0 Å². The van der Waals surface area contributed by atoms with E-state index in [4.69, 9.17) is 0 Å². The monoisotopic (exact) mass is 307 g/mol. The van der Waals surface area contributed by atoms with Crippen molar-refractivity contribution >= 4 is 40.2 Å². The molecule has 4 heteroatoms. The number of carbonyl (C=O) groups is 1.